The van der Waals surface area contributed by atoms with Gasteiger partial charge in [0.05, 0.1) is 0 Å². The van der Waals surface area contributed by atoms with Gasteiger partial charge in [0.15, 0.2) is 0 Å². The zero-order valence-electron chi connectivity index (χ0n) is 10.7. The molecule has 0 radical (unpaired) electrons. The van der Waals surface area contributed by atoms with Crippen LogP contribution in [-0.2, 0) is 5.33 Å². The molecule has 0 aliphatic heterocycles. The second kappa shape index (κ2) is 5.85. The van der Waals surface area contributed by atoms with Crippen LogP contribution in [0.25, 0.3) is 0 Å². The number of hydrogen-bond donors (Lipinski definition) is 0. The fourth-order valence-electron chi connectivity index (χ4n) is 2.77. The number of rotatable bonds is 4. The summed E-state index contributed by atoms with van der Waals surface area (Å²) in [7, 11) is 2.17. The minimum absolute atomic E-state index is 0.872. The van der Waals surface area contributed by atoms with Crippen LogP contribution in [0.4, 0.5) is 5.82 Å². The maximum Gasteiger partial charge on any atom is 0.131 e. The molecule has 1 aromatic rings. The topological polar surface area (TPSA) is 16.1 Å². The van der Waals surface area contributed by atoms with Gasteiger partial charge in [0, 0.05) is 25.1 Å². The van der Waals surface area contributed by atoms with Crippen molar-refractivity contribution >= 4 is 21.7 Å². The van der Waals surface area contributed by atoms with Crippen molar-refractivity contribution in [3.8, 4) is 0 Å². The number of pyridine rings is 1. The van der Waals surface area contributed by atoms with Crippen molar-refractivity contribution < 1.29 is 0 Å². The molecule has 1 aliphatic rings. The van der Waals surface area contributed by atoms with Crippen LogP contribution in [0, 0.1) is 12.8 Å². The van der Waals surface area contributed by atoms with Gasteiger partial charge in [-0.15, -0.1) is 0 Å². The van der Waals surface area contributed by atoms with Crippen LogP contribution in [0.5, 0.6) is 0 Å². The summed E-state index contributed by atoms with van der Waals surface area (Å²) < 4.78 is 0. The standard InChI is InChI=1S/C14H21BrN2/c1-11-7-13(8-15)9-16-14(11)17(2)10-12-5-3-4-6-12/h7,9,12H,3-6,8,10H2,1-2H3. The van der Waals surface area contributed by atoms with Gasteiger partial charge in [-0.3, -0.25) is 0 Å². The normalized spacial score (nSPS) is 16.4. The molecule has 3 heteroatoms. The van der Waals surface area contributed by atoms with Crippen LogP contribution < -0.4 is 4.90 Å². The Morgan fingerprint density at radius 1 is 1.41 bits per heavy atom. The van der Waals surface area contributed by atoms with Crippen molar-refractivity contribution in [2.24, 2.45) is 5.92 Å². The van der Waals surface area contributed by atoms with Crippen LogP contribution in [0.1, 0.15) is 36.8 Å². The van der Waals surface area contributed by atoms with E-state index in [1.165, 1.54) is 36.8 Å². The van der Waals surface area contributed by atoms with Gasteiger partial charge < -0.3 is 4.90 Å². The Bertz CT molecular complexity index is 372. The van der Waals surface area contributed by atoms with Crippen molar-refractivity contribution in [1.82, 2.24) is 4.98 Å². The van der Waals surface area contributed by atoms with Crippen LogP contribution in [0.3, 0.4) is 0 Å². The number of anilines is 1. The summed E-state index contributed by atoms with van der Waals surface area (Å²) in [5, 5.41) is 0.882. The van der Waals surface area contributed by atoms with Crippen LogP contribution in [0.2, 0.25) is 0 Å². The van der Waals surface area contributed by atoms with Crippen LogP contribution in [0.15, 0.2) is 12.3 Å². The second-order valence-electron chi connectivity index (χ2n) is 5.15. The summed E-state index contributed by atoms with van der Waals surface area (Å²) >= 11 is 3.47. The third-order valence-corrected chi connectivity index (χ3v) is 4.28. The summed E-state index contributed by atoms with van der Waals surface area (Å²) in [5.41, 5.74) is 2.53. The molecule has 2 rings (SSSR count). The molecule has 1 heterocycles. The predicted octanol–water partition coefficient (Wildman–Crippen LogP) is 3.91. The first-order valence-corrected chi connectivity index (χ1v) is 7.55. The van der Waals surface area contributed by atoms with E-state index in [1.54, 1.807) is 0 Å². The monoisotopic (exact) mass is 296 g/mol. The highest BCUT2D eigenvalue weighted by Crippen LogP contribution is 2.27. The highest BCUT2D eigenvalue weighted by molar-refractivity contribution is 9.08. The maximum atomic E-state index is 4.59. The molecule has 0 spiro atoms. The fraction of sp³-hybridized carbons (Fsp3) is 0.643. The molecular formula is C14H21BrN2. The van der Waals surface area contributed by atoms with Crippen molar-refractivity contribution in [2.75, 3.05) is 18.5 Å². The lowest BCUT2D eigenvalue weighted by atomic mass is 10.1. The molecule has 0 amide bonds. The van der Waals surface area contributed by atoms with Crippen LogP contribution in [-0.4, -0.2) is 18.6 Å². The Morgan fingerprint density at radius 3 is 2.71 bits per heavy atom. The Labute approximate surface area is 113 Å². The van der Waals surface area contributed by atoms with Gasteiger partial charge in [-0.25, -0.2) is 4.98 Å². The highest BCUT2D eigenvalue weighted by Gasteiger charge is 2.18. The molecule has 0 unspecified atom stereocenters. The number of halogens is 1. The van der Waals surface area contributed by atoms with Crippen LogP contribution >= 0.6 is 15.9 Å². The van der Waals surface area contributed by atoms with Gasteiger partial charge >= 0.3 is 0 Å². The fourth-order valence-corrected chi connectivity index (χ4v) is 3.07. The SMILES string of the molecule is Cc1cc(CBr)cnc1N(C)CC1CCCC1. The average Bonchev–Trinajstić information content (AvgIpc) is 2.81. The smallest absolute Gasteiger partial charge is 0.131 e. The first-order valence-electron chi connectivity index (χ1n) is 6.43. The maximum absolute atomic E-state index is 4.59. The third-order valence-electron chi connectivity index (χ3n) is 3.63. The van der Waals surface area contributed by atoms with Gasteiger partial charge in [0.1, 0.15) is 5.82 Å². The van der Waals surface area contributed by atoms with E-state index in [4.69, 9.17) is 0 Å². The molecular weight excluding hydrogens is 276 g/mol. The minimum atomic E-state index is 0.872. The summed E-state index contributed by atoms with van der Waals surface area (Å²) in [4.78, 5) is 6.91. The molecule has 0 bridgehead atoms. The van der Waals surface area contributed by atoms with Gasteiger partial charge in [-0.2, -0.15) is 0 Å². The Morgan fingerprint density at radius 2 is 2.12 bits per heavy atom. The minimum Gasteiger partial charge on any atom is -0.359 e. The lowest BCUT2D eigenvalue weighted by Crippen LogP contribution is -2.25. The molecule has 0 atom stereocenters. The molecule has 2 nitrogen and oxygen atoms in total. The molecule has 17 heavy (non-hydrogen) atoms. The lowest BCUT2D eigenvalue weighted by molar-refractivity contribution is 0.544. The van der Waals surface area contributed by atoms with Crippen molar-refractivity contribution in [1.29, 1.82) is 0 Å². The largest absolute Gasteiger partial charge is 0.359 e. The molecule has 94 valence electrons. The van der Waals surface area contributed by atoms with E-state index in [2.05, 4.69) is 45.9 Å². The van der Waals surface area contributed by atoms with Crippen molar-refractivity contribution in [3.05, 3.63) is 23.4 Å². The zero-order chi connectivity index (χ0) is 12.3. The molecule has 0 aromatic carbocycles. The Hall–Kier alpha value is -0.570. The number of aromatic nitrogens is 1. The molecule has 0 N–H and O–H groups in total. The Kier molecular flexibility index (Phi) is 4.43. The quantitative estimate of drug-likeness (QED) is 0.783. The zero-order valence-corrected chi connectivity index (χ0v) is 12.3. The number of nitrogens with zero attached hydrogens (tertiary/aromatic N) is 2. The van der Waals surface area contributed by atoms with Crippen molar-refractivity contribution in [3.63, 3.8) is 0 Å². The van der Waals surface area contributed by atoms with E-state index in [-0.39, 0.29) is 0 Å². The van der Waals surface area contributed by atoms with Gasteiger partial charge in [0.2, 0.25) is 0 Å². The molecule has 1 aromatic heterocycles. The molecule has 1 aliphatic carbocycles. The van der Waals surface area contributed by atoms with Crippen molar-refractivity contribution in [2.45, 2.75) is 37.9 Å². The number of hydrogen-bond acceptors (Lipinski definition) is 2. The molecule has 0 saturated heterocycles. The lowest BCUT2D eigenvalue weighted by Gasteiger charge is -2.23. The summed E-state index contributed by atoms with van der Waals surface area (Å²) in [6, 6.07) is 2.22. The van der Waals surface area contributed by atoms with E-state index >= 15 is 0 Å². The predicted molar refractivity (Wildman–Crippen MR) is 76.8 cm³/mol. The summed E-state index contributed by atoms with van der Waals surface area (Å²) in [6.45, 7) is 3.31. The number of aryl methyl sites for hydroxylation is 1. The van der Waals surface area contributed by atoms with E-state index in [0.29, 0.717) is 0 Å². The number of alkyl halides is 1. The summed E-state index contributed by atoms with van der Waals surface area (Å²) in [5.74, 6) is 2.01. The van der Waals surface area contributed by atoms with Gasteiger partial charge in [-0.1, -0.05) is 34.8 Å². The third kappa shape index (κ3) is 3.21. The second-order valence-corrected chi connectivity index (χ2v) is 5.71. The molecule has 1 fully saturated rings. The first-order chi connectivity index (χ1) is 8.20. The van der Waals surface area contributed by atoms with Gasteiger partial charge in [0.25, 0.3) is 0 Å². The van der Waals surface area contributed by atoms with Gasteiger partial charge in [-0.05, 0) is 36.8 Å². The Balaban J connectivity index is 2.04. The van der Waals surface area contributed by atoms with E-state index in [9.17, 15) is 0 Å². The molecule has 1 saturated carbocycles. The summed E-state index contributed by atoms with van der Waals surface area (Å²) in [6.07, 6.45) is 7.58. The van der Waals surface area contributed by atoms with E-state index < -0.39 is 0 Å². The average molecular weight is 297 g/mol. The van der Waals surface area contributed by atoms with E-state index in [0.717, 1.165) is 23.6 Å². The first kappa shape index (κ1) is 12.9. The van der Waals surface area contributed by atoms with E-state index in [1.807, 2.05) is 6.20 Å². The highest BCUT2D eigenvalue weighted by atomic mass is 79.9.